The van der Waals surface area contributed by atoms with E-state index in [4.69, 9.17) is 0 Å². The first-order valence-corrected chi connectivity index (χ1v) is 14.3. The van der Waals surface area contributed by atoms with E-state index in [2.05, 4.69) is 35.6 Å². The van der Waals surface area contributed by atoms with E-state index in [0.29, 0.717) is 10.9 Å². The predicted octanol–water partition coefficient (Wildman–Crippen LogP) is 3.47. The summed E-state index contributed by atoms with van der Waals surface area (Å²) in [5.74, 6) is 0.245. The molecule has 0 unspecified atom stereocenters. The number of nitro groups is 1. The molecule has 2 aromatic carbocycles. The number of nitro benzene ring substituents is 1. The van der Waals surface area contributed by atoms with Gasteiger partial charge in [0.1, 0.15) is 5.75 Å². The van der Waals surface area contributed by atoms with Crippen LogP contribution in [0.3, 0.4) is 0 Å². The van der Waals surface area contributed by atoms with Crippen LogP contribution in [-0.4, -0.2) is 44.4 Å². The number of phenols is 1. The average molecular weight is 487 g/mol. The summed E-state index contributed by atoms with van der Waals surface area (Å²) in [5.41, 5.74) is 0.766. The largest absolute Gasteiger partial charge is 0.507 e. The lowest BCUT2D eigenvalue weighted by atomic mass is 10.1. The Morgan fingerprint density at radius 1 is 1.18 bits per heavy atom. The minimum absolute atomic E-state index is 0.00951. The van der Waals surface area contributed by atoms with Crippen LogP contribution in [0.4, 0.5) is 5.69 Å². The third-order valence-electron chi connectivity index (χ3n) is 4.40. The molecule has 0 radical (unpaired) electrons. The molecule has 0 heterocycles. The van der Waals surface area contributed by atoms with Crippen LogP contribution in [-0.2, 0) is 16.4 Å². The van der Waals surface area contributed by atoms with Crippen molar-refractivity contribution in [2.45, 2.75) is 31.0 Å². The second-order valence-corrected chi connectivity index (χ2v) is 15.5. The van der Waals surface area contributed by atoms with Gasteiger partial charge in [0.2, 0.25) is 10.0 Å². The molecular weight excluding hydrogens is 464 g/mol. The Labute approximate surface area is 174 Å². The summed E-state index contributed by atoms with van der Waals surface area (Å²) in [5, 5.41) is 22.0. The Morgan fingerprint density at radius 3 is 2.25 bits per heavy atom. The first kappa shape index (κ1) is 22.5. The molecule has 7 nitrogen and oxygen atoms in total. The molecule has 0 fully saturated rings. The van der Waals surface area contributed by atoms with Crippen LogP contribution in [0.2, 0.25) is 19.6 Å². The summed E-state index contributed by atoms with van der Waals surface area (Å²) >= 11 is 3.38. The fourth-order valence-electron chi connectivity index (χ4n) is 2.70. The van der Waals surface area contributed by atoms with Crippen molar-refractivity contribution in [3.05, 3.63) is 56.5 Å². The van der Waals surface area contributed by atoms with Crippen molar-refractivity contribution < 1.29 is 18.4 Å². The van der Waals surface area contributed by atoms with Crippen molar-refractivity contribution >= 4 is 44.9 Å². The molecule has 2 rings (SSSR count). The molecular formula is C18H23BrN2O5SSi. The molecule has 2 aromatic rings. The van der Waals surface area contributed by atoms with Crippen LogP contribution in [0.15, 0.2) is 45.8 Å². The van der Waals surface area contributed by atoms with E-state index >= 15 is 0 Å². The maximum atomic E-state index is 12.7. The number of benzene rings is 2. The van der Waals surface area contributed by atoms with Crippen LogP contribution in [0, 0.1) is 10.1 Å². The lowest BCUT2D eigenvalue weighted by Gasteiger charge is -2.21. The first-order chi connectivity index (χ1) is 12.8. The van der Waals surface area contributed by atoms with E-state index < -0.39 is 23.0 Å². The second kappa shape index (κ2) is 8.32. The maximum Gasteiger partial charge on any atom is 0.269 e. The molecule has 28 heavy (non-hydrogen) atoms. The van der Waals surface area contributed by atoms with Gasteiger partial charge in [-0.2, -0.15) is 0 Å². The van der Waals surface area contributed by atoms with Crippen molar-refractivity contribution in [2.24, 2.45) is 0 Å². The minimum Gasteiger partial charge on any atom is -0.507 e. The minimum atomic E-state index is -3.75. The molecule has 0 bridgehead atoms. The van der Waals surface area contributed by atoms with Gasteiger partial charge in [-0.3, -0.25) is 10.1 Å². The highest BCUT2D eigenvalue weighted by Gasteiger charge is 2.24. The number of halogens is 1. The van der Waals surface area contributed by atoms with Gasteiger partial charge in [-0.05, 0) is 51.3 Å². The molecule has 0 atom stereocenters. The average Bonchev–Trinajstić information content (AvgIpc) is 2.61. The zero-order chi connectivity index (χ0) is 21.3. The normalized spacial score (nSPS) is 12.4. The molecule has 152 valence electrons. The SMILES string of the molecule is CN(CCc1cc(Br)c(O)c([Si](C)(C)C)c1)S(=O)(=O)c1ccc([N+](=O)[O-])cc1. The van der Waals surface area contributed by atoms with Gasteiger partial charge in [0.25, 0.3) is 5.69 Å². The molecule has 0 aliphatic carbocycles. The van der Waals surface area contributed by atoms with Gasteiger partial charge in [0.15, 0.2) is 0 Å². The Bertz CT molecular complexity index is 988. The summed E-state index contributed by atoms with van der Waals surface area (Å²) in [6.07, 6.45) is 0.471. The monoisotopic (exact) mass is 486 g/mol. The Balaban J connectivity index is 2.20. The Kier molecular flexibility index (Phi) is 6.69. The Morgan fingerprint density at radius 2 is 1.75 bits per heavy atom. The van der Waals surface area contributed by atoms with Gasteiger partial charge in [0, 0.05) is 25.7 Å². The van der Waals surface area contributed by atoms with Crippen molar-refractivity contribution in [3.8, 4) is 5.75 Å². The van der Waals surface area contributed by atoms with E-state index in [1.165, 1.54) is 35.6 Å². The number of non-ortho nitro benzene ring substituents is 1. The van der Waals surface area contributed by atoms with Crippen LogP contribution in [0.25, 0.3) is 0 Å². The Hall–Kier alpha value is -1.75. The second-order valence-electron chi connectivity index (χ2n) is 7.55. The van der Waals surface area contributed by atoms with E-state index in [9.17, 15) is 23.6 Å². The molecule has 0 spiro atoms. The highest BCUT2D eigenvalue weighted by Crippen LogP contribution is 2.26. The highest BCUT2D eigenvalue weighted by atomic mass is 79.9. The maximum absolute atomic E-state index is 12.7. The number of hydrogen-bond acceptors (Lipinski definition) is 5. The lowest BCUT2D eigenvalue weighted by molar-refractivity contribution is -0.384. The molecule has 0 saturated heterocycles. The van der Waals surface area contributed by atoms with Crippen molar-refractivity contribution in [2.75, 3.05) is 13.6 Å². The zero-order valence-corrected chi connectivity index (χ0v) is 19.5. The van der Waals surface area contributed by atoms with Crippen molar-refractivity contribution in [1.82, 2.24) is 4.31 Å². The van der Waals surface area contributed by atoms with Crippen molar-refractivity contribution in [3.63, 3.8) is 0 Å². The summed E-state index contributed by atoms with van der Waals surface area (Å²) in [7, 11) is -4.04. The van der Waals surface area contributed by atoms with Crippen LogP contribution in [0.1, 0.15) is 5.56 Å². The zero-order valence-electron chi connectivity index (χ0n) is 16.1. The smallest absolute Gasteiger partial charge is 0.269 e. The molecule has 0 amide bonds. The number of hydrogen-bond donors (Lipinski definition) is 1. The standard InChI is InChI=1S/C18H23BrN2O5SSi/c1-20(27(25,26)15-7-5-14(6-8-15)21(23)24)10-9-13-11-16(19)18(22)17(12-13)28(2,3)4/h5-8,11-12,22H,9-10H2,1-4H3. The first-order valence-electron chi connectivity index (χ1n) is 8.56. The summed E-state index contributed by atoms with van der Waals surface area (Å²) in [4.78, 5) is 10.2. The van der Waals surface area contributed by atoms with Gasteiger partial charge in [-0.1, -0.05) is 25.7 Å². The summed E-state index contributed by atoms with van der Waals surface area (Å²) < 4.78 is 27.2. The fraction of sp³-hybridized carbons (Fsp3) is 0.333. The highest BCUT2D eigenvalue weighted by molar-refractivity contribution is 9.10. The molecule has 10 heteroatoms. The number of rotatable bonds is 7. The molecule has 0 aliphatic rings. The van der Waals surface area contributed by atoms with Gasteiger partial charge >= 0.3 is 0 Å². The topological polar surface area (TPSA) is 101 Å². The molecule has 0 aliphatic heterocycles. The van der Waals surface area contributed by atoms with Gasteiger partial charge < -0.3 is 5.11 Å². The summed E-state index contributed by atoms with van der Waals surface area (Å²) in [6.45, 7) is 6.62. The van der Waals surface area contributed by atoms with E-state index in [-0.39, 0.29) is 22.9 Å². The van der Waals surface area contributed by atoms with Crippen LogP contribution >= 0.6 is 15.9 Å². The number of nitrogens with zero attached hydrogens (tertiary/aromatic N) is 2. The third kappa shape index (κ3) is 4.99. The van der Waals surface area contributed by atoms with E-state index in [1.54, 1.807) is 6.07 Å². The molecule has 0 aromatic heterocycles. The lowest BCUT2D eigenvalue weighted by Crippen LogP contribution is -2.38. The van der Waals surface area contributed by atoms with Crippen LogP contribution in [0.5, 0.6) is 5.75 Å². The number of aromatic hydroxyl groups is 1. The van der Waals surface area contributed by atoms with Gasteiger partial charge in [-0.25, -0.2) is 12.7 Å². The summed E-state index contributed by atoms with van der Waals surface area (Å²) in [6, 6.07) is 8.58. The molecule has 1 N–H and O–H groups in total. The number of phenolic OH excluding ortho intramolecular Hbond substituents is 1. The fourth-order valence-corrected chi connectivity index (χ4v) is 6.02. The quantitative estimate of drug-likeness (QED) is 0.366. The van der Waals surface area contributed by atoms with E-state index in [1.807, 2.05) is 6.07 Å². The predicted molar refractivity (Wildman–Crippen MR) is 115 cm³/mol. The van der Waals surface area contributed by atoms with E-state index in [0.717, 1.165) is 10.8 Å². The number of likely N-dealkylation sites (N-methyl/N-ethyl adjacent to an activating group) is 1. The van der Waals surface area contributed by atoms with Gasteiger partial charge in [-0.15, -0.1) is 0 Å². The van der Waals surface area contributed by atoms with Gasteiger partial charge in [0.05, 0.1) is 22.4 Å². The molecule has 0 saturated carbocycles. The number of sulfonamides is 1. The third-order valence-corrected chi connectivity index (χ3v) is 8.88. The van der Waals surface area contributed by atoms with Crippen molar-refractivity contribution in [1.29, 1.82) is 0 Å². The van der Waals surface area contributed by atoms with Crippen LogP contribution < -0.4 is 5.19 Å².